The average molecular weight is 508 g/mol. The molecular weight excluding hydrogens is 482 g/mol. The lowest BCUT2D eigenvalue weighted by Crippen LogP contribution is -2.39. The van der Waals surface area contributed by atoms with Gasteiger partial charge in [-0.15, -0.1) is 30.4 Å². The Kier molecular flexibility index (Phi) is 10.8. The Labute approximate surface area is 188 Å². The molecule has 0 unspecified atom stereocenters. The molecule has 0 bridgehead atoms. The zero-order valence-corrected chi connectivity index (χ0v) is 18.9. The Bertz CT molecular complexity index is 893. The van der Waals surface area contributed by atoms with Crippen LogP contribution >= 0.6 is 24.0 Å². The Hall–Kier alpha value is -2.60. The molecule has 1 amide bonds. The van der Waals surface area contributed by atoms with Crippen molar-refractivity contribution >= 4 is 41.5 Å². The van der Waals surface area contributed by atoms with E-state index in [1.165, 1.54) is 12.1 Å². The molecule has 0 aliphatic carbocycles. The largest absolute Gasteiger partial charge is 0.357 e. The molecule has 0 saturated carbocycles. The van der Waals surface area contributed by atoms with Crippen LogP contribution in [0.1, 0.15) is 23.6 Å². The highest BCUT2D eigenvalue weighted by molar-refractivity contribution is 14.0. The summed E-state index contributed by atoms with van der Waals surface area (Å²) in [7, 11) is 0. The summed E-state index contributed by atoms with van der Waals surface area (Å²) in [6.45, 7) is 5.10. The minimum atomic E-state index is -0.235. The Morgan fingerprint density at radius 1 is 1.21 bits per heavy atom. The van der Waals surface area contributed by atoms with Crippen LogP contribution in [-0.4, -0.2) is 31.5 Å². The number of aryl methyl sites for hydroxylation is 1. The maximum absolute atomic E-state index is 13.2. The van der Waals surface area contributed by atoms with Gasteiger partial charge in [0, 0.05) is 24.3 Å². The number of aliphatic imine (C=N–C) groups is 1. The van der Waals surface area contributed by atoms with Crippen LogP contribution in [0.25, 0.3) is 0 Å². The molecule has 154 valence electrons. The van der Waals surface area contributed by atoms with Crippen LogP contribution < -0.4 is 16.0 Å². The lowest BCUT2D eigenvalue weighted by Gasteiger charge is -2.12. The topological polar surface area (TPSA) is 65.5 Å². The number of rotatable bonds is 7. The second-order valence-electron chi connectivity index (χ2n) is 6.22. The number of guanidine groups is 1. The molecular formula is C22H26FIN4O. The summed E-state index contributed by atoms with van der Waals surface area (Å²) in [6, 6.07) is 11.9. The predicted molar refractivity (Wildman–Crippen MR) is 127 cm³/mol. The molecule has 5 nitrogen and oxygen atoms in total. The molecule has 0 aliphatic rings. The van der Waals surface area contributed by atoms with Crippen LogP contribution in [0.4, 0.5) is 10.1 Å². The van der Waals surface area contributed by atoms with Crippen molar-refractivity contribution in [1.82, 2.24) is 10.6 Å². The van der Waals surface area contributed by atoms with E-state index in [9.17, 15) is 9.18 Å². The minimum Gasteiger partial charge on any atom is -0.357 e. The van der Waals surface area contributed by atoms with Crippen LogP contribution in [0.15, 0.2) is 47.5 Å². The molecule has 2 rings (SSSR count). The van der Waals surface area contributed by atoms with E-state index in [0.717, 1.165) is 17.5 Å². The van der Waals surface area contributed by atoms with Crippen LogP contribution in [0.2, 0.25) is 0 Å². The molecule has 3 N–H and O–H groups in total. The monoisotopic (exact) mass is 508 g/mol. The van der Waals surface area contributed by atoms with Gasteiger partial charge in [-0.2, -0.15) is 0 Å². The Morgan fingerprint density at radius 2 is 2.00 bits per heavy atom. The first-order valence-corrected chi connectivity index (χ1v) is 9.15. The zero-order chi connectivity index (χ0) is 20.4. The number of amides is 1. The predicted octanol–water partition coefficient (Wildman–Crippen LogP) is 3.47. The zero-order valence-electron chi connectivity index (χ0n) is 16.6. The first-order chi connectivity index (χ1) is 13.5. The summed E-state index contributed by atoms with van der Waals surface area (Å²) < 4.78 is 13.2. The summed E-state index contributed by atoms with van der Waals surface area (Å²) in [4.78, 5) is 16.4. The van der Waals surface area contributed by atoms with Gasteiger partial charge in [-0.05, 0) is 61.7 Å². The number of hydrogen-bond donors (Lipinski definition) is 3. The number of hydrogen-bond acceptors (Lipinski definition) is 2. The third kappa shape index (κ3) is 8.52. The lowest BCUT2D eigenvalue weighted by atomic mass is 10.1. The van der Waals surface area contributed by atoms with Crippen LogP contribution in [-0.2, 0) is 11.2 Å². The Morgan fingerprint density at radius 3 is 2.69 bits per heavy atom. The van der Waals surface area contributed by atoms with Gasteiger partial charge in [-0.3, -0.25) is 4.79 Å². The van der Waals surface area contributed by atoms with Crippen molar-refractivity contribution in [3.63, 3.8) is 0 Å². The van der Waals surface area contributed by atoms with Crippen molar-refractivity contribution in [2.45, 2.75) is 20.3 Å². The number of terminal acetylenes is 1. The molecule has 29 heavy (non-hydrogen) atoms. The molecule has 0 saturated heterocycles. The van der Waals surface area contributed by atoms with Crippen molar-refractivity contribution in [3.8, 4) is 12.3 Å². The number of carbonyl (C=O) groups excluding carboxylic acids is 1. The molecule has 0 atom stereocenters. The molecule has 2 aromatic rings. The van der Waals surface area contributed by atoms with Gasteiger partial charge in [0.25, 0.3) is 0 Å². The first-order valence-electron chi connectivity index (χ1n) is 9.15. The summed E-state index contributed by atoms with van der Waals surface area (Å²) in [5.74, 6) is 2.61. The van der Waals surface area contributed by atoms with Gasteiger partial charge in [-0.1, -0.05) is 18.1 Å². The second-order valence-corrected chi connectivity index (χ2v) is 6.22. The average Bonchev–Trinajstić information content (AvgIpc) is 2.68. The van der Waals surface area contributed by atoms with Crippen molar-refractivity contribution in [3.05, 3.63) is 65.0 Å². The first kappa shape index (κ1) is 24.4. The van der Waals surface area contributed by atoms with E-state index in [1.54, 1.807) is 30.3 Å². The molecule has 7 heteroatoms. The highest BCUT2D eigenvalue weighted by Crippen LogP contribution is 2.10. The SMILES string of the molecule is C#Cc1cccc(NC(=O)CN=C(NCC)NCCc2ccc(F)cc2C)c1.I. The summed E-state index contributed by atoms with van der Waals surface area (Å²) >= 11 is 0. The van der Waals surface area contributed by atoms with Gasteiger partial charge in [0.1, 0.15) is 12.4 Å². The number of nitrogens with zero attached hydrogens (tertiary/aromatic N) is 1. The summed E-state index contributed by atoms with van der Waals surface area (Å²) in [5, 5.41) is 9.07. The van der Waals surface area contributed by atoms with Gasteiger partial charge in [0.05, 0.1) is 0 Å². The van der Waals surface area contributed by atoms with E-state index in [1.807, 2.05) is 13.8 Å². The van der Waals surface area contributed by atoms with Gasteiger partial charge < -0.3 is 16.0 Å². The number of carbonyl (C=O) groups is 1. The third-order valence-electron chi connectivity index (χ3n) is 4.03. The molecule has 0 aromatic heterocycles. The van der Waals surface area contributed by atoms with Crippen molar-refractivity contribution in [2.24, 2.45) is 4.99 Å². The van der Waals surface area contributed by atoms with E-state index in [-0.39, 0.29) is 42.2 Å². The normalized spacial score (nSPS) is 10.5. The fraction of sp³-hybridized carbons (Fsp3) is 0.273. The number of nitrogens with one attached hydrogen (secondary N) is 3. The van der Waals surface area contributed by atoms with Gasteiger partial charge in [-0.25, -0.2) is 9.38 Å². The quantitative estimate of drug-likeness (QED) is 0.232. The fourth-order valence-corrected chi connectivity index (χ4v) is 2.64. The standard InChI is InChI=1S/C22H25FN4O.HI/c1-4-17-7-6-8-20(14-17)27-21(28)15-26-22(24-5-2)25-12-11-18-9-10-19(23)13-16(18)3;/h1,6-10,13-14H,5,11-12,15H2,2-3H3,(H,27,28)(H2,24,25,26);1H. The number of halogens is 2. The molecule has 0 spiro atoms. The molecule has 0 radical (unpaired) electrons. The van der Waals surface area contributed by atoms with Crippen LogP contribution in [0.5, 0.6) is 0 Å². The lowest BCUT2D eigenvalue weighted by molar-refractivity contribution is -0.114. The number of benzene rings is 2. The van der Waals surface area contributed by atoms with Gasteiger partial charge in [0.15, 0.2) is 5.96 Å². The van der Waals surface area contributed by atoms with Gasteiger partial charge in [0.2, 0.25) is 5.91 Å². The van der Waals surface area contributed by atoms with Crippen molar-refractivity contribution < 1.29 is 9.18 Å². The summed E-state index contributed by atoms with van der Waals surface area (Å²) in [5.41, 5.74) is 3.32. The van der Waals surface area contributed by atoms with E-state index in [0.29, 0.717) is 30.3 Å². The third-order valence-corrected chi connectivity index (χ3v) is 4.03. The molecule has 0 aliphatic heterocycles. The van der Waals surface area contributed by atoms with Crippen LogP contribution in [0, 0.1) is 25.1 Å². The minimum absolute atomic E-state index is 0. The van der Waals surface area contributed by atoms with E-state index < -0.39 is 0 Å². The highest BCUT2D eigenvalue weighted by Gasteiger charge is 2.05. The molecule has 0 fully saturated rings. The van der Waals surface area contributed by atoms with E-state index in [4.69, 9.17) is 6.42 Å². The maximum Gasteiger partial charge on any atom is 0.246 e. The second kappa shape index (κ2) is 12.8. The van der Waals surface area contributed by atoms with Crippen molar-refractivity contribution in [1.29, 1.82) is 0 Å². The smallest absolute Gasteiger partial charge is 0.246 e. The molecule has 0 heterocycles. The van der Waals surface area contributed by atoms with Crippen molar-refractivity contribution in [2.75, 3.05) is 25.0 Å². The van der Waals surface area contributed by atoms with E-state index in [2.05, 4.69) is 26.9 Å². The number of anilines is 1. The fourth-order valence-electron chi connectivity index (χ4n) is 2.64. The van der Waals surface area contributed by atoms with Crippen LogP contribution in [0.3, 0.4) is 0 Å². The molecule has 2 aromatic carbocycles. The summed E-state index contributed by atoms with van der Waals surface area (Å²) in [6.07, 6.45) is 6.09. The van der Waals surface area contributed by atoms with Gasteiger partial charge >= 0.3 is 0 Å². The van der Waals surface area contributed by atoms with E-state index >= 15 is 0 Å². The Balaban J connectivity index is 0.00000420. The maximum atomic E-state index is 13.2. The highest BCUT2D eigenvalue weighted by atomic mass is 127.